The van der Waals surface area contributed by atoms with Crippen molar-refractivity contribution in [2.24, 2.45) is 13.0 Å². The zero-order chi connectivity index (χ0) is 15.1. The molecule has 3 N–H and O–H groups in total. The zero-order valence-electron chi connectivity index (χ0n) is 12.1. The summed E-state index contributed by atoms with van der Waals surface area (Å²) in [5.74, 6) is -0.571. The molecule has 1 aromatic heterocycles. The SMILES string of the molecule is CC(C)CNC(=O)CCNCc1c(C(=O)O)cnn1C. The second kappa shape index (κ2) is 7.64. The van der Waals surface area contributed by atoms with E-state index in [0.717, 1.165) is 0 Å². The fraction of sp³-hybridized carbons (Fsp3) is 0.615. The fourth-order valence-electron chi connectivity index (χ4n) is 1.67. The van der Waals surface area contributed by atoms with Crippen LogP contribution in [0.3, 0.4) is 0 Å². The number of carboxylic acids is 1. The van der Waals surface area contributed by atoms with Crippen molar-refractivity contribution in [3.63, 3.8) is 0 Å². The van der Waals surface area contributed by atoms with Crippen LogP contribution in [0.2, 0.25) is 0 Å². The number of carbonyl (C=O) groups excluding carboxylic acids is 1. The summed E-state index contributed by atoms with van der Waals surface area (Å²) in [6.45, 7) is 5.61. The van der Waals surface area contributed by atoms with Crippen LogP contribution in [0.5, 0.6) is 0 Å². The molecule has 0 aliphatic carbocycles. The lowest BCUT2D eigenvalue weighted by Gasteiger charge is -2.09. The number of aromatic carboxylic acids is 1. The van der Waals surface area contributed by atoms with Crippen molar-refractivity contribution < 1.29 is 14.7 Å². The maximum atomic E-state index is 11.5. The molecule has 7 nitrogen and oxygen atoms in total. The van der Waals surface area contributed by atoms with Gasteiger partial charge in [-0.3, -0.25) is 9.48 Å². The second-order valence-corrected chi connectivity index (χ2v) is 5.06. The van der Waals surface area contributed by atoms with E-state index in [1.54, 1.807) is 7.05 Å². The average molecular weight is 282 g/mol. The molecular formula is C13H22N4O3. The van der Waals surface area contributed by atoms with E-state index in [1.807, 2.05) is 13.8 Å². The van der Waals surface area contributed by atoms with E-state index in [4.69, 9.17) is 5.11 Å². The molecule has 0 fully saturated rings. The topological polar surface area (TPSA) is 96.2 Å². The lowest BCUT2D eigenvalue weighted by molar-refractivity contribution is -0.121. The first-order valence-corrected chi connectivity index (χ1v) is 6.63. The molecule has 0 saturated heterocycles. The van der Waals surface area contributed by atoms with Crippen LogP contribution in [0.25, 0.3) is 0 Å². The van der Waals surface area contributed by atoms with Gasteiger partial charge in [0.25, 0.3) is 0 Å². The minimum atomic E-state index is -0.996. The van der Waals surface area contributed by atoms with E-state index < -0.39 is 5.97 Å². The van der Waals surface area contributed by atoms with Crippen molar-refractivity contribution in [1.82, 2.24) is 20.4 Å². The molecule has 1 rings (SSSR count). The Morgan fingerprint density at radius 1 is 1.45 bits per heavy atom. The van der Waals surface area contributed by atoms with Gasteiger partial charge in [0.15, 0.2) is 0 Å². The number of nitrogens with one attached hydrogen (secondary N) is 2. The maximum Gasteiger partial charge on any atom is 0.339 e. The van der Waals surface area contributed by atoms with Crippen molar-refractivity contribution in [2.75, 3.05) is 13.1 Å². The largest absolute Gasteiger partial charge is 0.478 e. The molecule has 1 heterocycles. The van der Waals surface area contributed by atoms with Crippen molar-refractivity contribution in [1.29, 1.82) is 0 Å². The van der Waals surface area contributed by atoms with E-state index in [1.165, 1.54) is 10.9 Å². The van der Waals surface area contributed by atoms with Gasteiger partial charge >= 0.3 is 5.97 Å². The van der Waals surface area contributed by atoms with Gasteiger partial charge < -0.3 is 15.7 Å². The minimum Gasteiger partial charge on any atom is -0.478 e. The van der Waals surface area contributed by atoms with Crippen LogP contribution in [-0.4, -0.2) is 39.9 Å². The molecule has 7 heteroatoms. The number of hydrogen-bond donors (Lipinski definition) is 3. The molecule has 0 bridgehead atoms. The summed E-state index contributed by atoms with van der Waals surface area (Å²) in [5, 5.41) is 18.8. The summed E-state index contributed by atoms with van der Waals surface area (Å²) in [5.41, 5.74) is 0.782. The molecule has 0 radical (unpaired) electrons. The minimum absolute atomic E-state index is 0.00494. The molecule has 112 valence electrons. The summed E-state index contributed by atoms with van der Waals surface area (Å²) in [6, 6.07) is 0. The van der Waals surface area contributed by atoms with Gasteiger partial charge in [-0.15, -0.1) is 0 Å². The Morgan fingerprint density at radius 2 is 2.15 bits per heavy atom. The lowest BCUT2D eigenvalue weighted by Crippen LogP contribution is -2.30. The normalized spacial score (nSPS) is 10.8. The summed E-state index contributed by atoms with van der Waals surface area (Å²) < 4.78 is 1.52. The first-order valence-electron chi connectivity index (χ1n) is 6.63. The van der Waals surface area contributed by atoms with Gasteiger partial charge in [0.05, 0.1) is 11.9 Å². The number of aryl methyl sites for hydroxylation is 1. The second-order valence-electron chi connectivity index (χ2n) is 5.06. The van der Waals surface area contributed by atoms with E-state index in [0.29, 0.717) is 37.7 Å². The van der Waals surface area contributed by atoms with Gasteiger partial charge in [-0.2, -0.15) is 5.10 Å². The molecule has 1 amide bonds. The van der Waals surface area contributed by atoms with Gasteiger partial charge in [-0.05, 0) is 5.92 Å². The van der Waals surface area contributed by atoms with Gasteiger partial charge in [0.1, 0.15) is 5.56 Å². The third kappa shape index (κ3) is 5.00. The van der Waals surface area contributed by atoms with Gasteiger partial charge in [-0.25, -0.2) is 4.79 Å². The maximum absolute atomic E-state index is 11.5. The molecule has 1 aromatic rings. The number of amides is 1. The summed E-state index contributed by atoms with van der Waals surface area (Å²) >= 11 is 0. The van der Waals surface area contributed by atoms with E-state index >= 15 is 0 Å². The summed E-state index contributed by atoms with van der Waals surface area (Å²) in [6.07, 6.45) is 1.70. The molecule has 0 aromatic carbocycles. The Morgan fingerprint density at radius 3 is 2.75 bits per heavy atom. The third-order valence-electron chi connectivity index (χ3n) is 2.82. The Hall–Kier alpha value is -1.89. The standard InChI is InChI=1S/C13H22N4O3/c1-9(2)6-15-12(18)4-5-14-8-11-10(13(19)20)7-16-17(11)3/h7,9,14H,4-6,8H2,1-3H3,(H,15,18)(H,19,20). The van der Waals surface area contributed by atoms with E-state index in [9.17, 15) is 9.59 Å². The lowest BCUT2D eigenvalue weighted by atomic mass is 10.2. The number of nitrogens with zero attached hydrogens (tertiary/aromatic N) is 2. The molecule has 0 unspecified atom stereocenters. The summed E-state index contributed by atoms with van der Waals surface area (Å²) in [4.78, 5) is 22.5. The number of aromatic nitrogens is 2. The molecule has 20 heavy (non-hydrogen) atoms. The van der Waals surface area contributed by atoms with Gasteiger partial charge in [-0.1, -0.05) is 13.8 Å². The Balaban J connectivity index is 2.33. The quantitative estimate of drug-likeness (QED) is 0.599. The van der Waals surface area contributed by atoms with Crippen LogP contribution in [0.1, 0.15) is 36.3 Å². The highest BCUT2D eigenvalue weighted by Crippen LogP contribution is 2.06. The van der Waals surface area contributed by atoms with E-state index in [-0.39, 0.29) is 11.5 Å². The highest BCUT2D eigenvalue weighted by Gasteiger charge is 2.14. The van der Waals surface area contributed by atoms with Crippen LogP contribution in [0.4, 0.5) is 0 Å². The summed E-state index contributed by atoms with van der Waals surface area (Å²) in [7, 11) is 1.69. The average Bonchev–Trinajstić information content (AvgIpc) is 2.74. The highest BCUT2D eigenvalue weighted by atomic mass is 16.4. The molecule has 0 atom stereocenters. The number of rotatable bonds is 8. The predicted octanol–water partition coefficient (Wildman–Crippen LogP) is 0.370. The number of hydrogen-bond acceptors (Lipinski definition) is 4. The van der Waals surface area contributed by atoms with Crippen LogP contribution in [-0.2, 0) is 18.4 Å². The van der Waals surface area contributed by atoms with Crippen molar-refractivity contribution in [3.05, 3.63) is 17.5 Å². The monoisotopic (exact) mass is 282 g/mol. The van der Waals surface area contributed by atoms with Gasteiger partial charge in [0.2, 0.25) is 5.91 Å². The Bertz CT molecular complexity index is 468. The number of carbonyl (C=O) groups is 2. The van der Waals surface area contributed by atoms with E-state index in [2.05, 4.69) is 15.7 Å². The van der Waals surface area contributed by atoms with Crippen molar-refractivity contribution >= 4 is 11.9 Å². The Kier molecular flexibility index (Phi) is 6.17. The smallest absolute Gasteiger partial charge is 0.339 e. The van der Waals surface area contributed by atoms with Gasteiger partial charge in [0, 0.05) is 33.1 Å². The van der Waals surface area contributed by atoms with Crippen LogP contribution >= 0.6 is 0 Å². The first-order chi connectivity index (χ1) is 9.41. The predicted molar refractivity (Wildman–Crippen MR) is 74.3 cm³/mol. The highest BCUT2D eigenvalue weighted by molar-refractivity contribution is 5.88. The van der Waals surface area contributed by atoms with Crippen LogP contribution < -0.4 is 10.6 Å². The third-order valence-corrected chi connectivity index (χ3v) is 2.82. The van der Waals surface area contributed by atoms with Crippen LogP contribution in [0, 0.1) is 5.92 Å². The zero-order valence-corrected chi connectivity index (χ0v) is 12.1. The van der Waals surface area contributed by atoms with Crippen molar-refractivity contribution in [3.8, 4) is 0 Å². The van der Waals surface area contributed by atoms with Crippen molar-refractivity contribution in [2.45, 2.75) is 26.8 Å². The first kappa shape index (κ1) is 16.2. The van der Waals surface area contributed by atoms with Crippen LogP contribution in [0.15, 0.2) is 6.20 Å². The Labute approximate surface area is 118 Å². The molecule has 0 aliphatic heterocycles. The number of carboxylic acid groups (broad SMARTS) is 1. The molecule has 0 spiro atoms. The molecule has 0 aliphatic rings. The molecular weight excluding hydrogens is 260 g/mol. The fourth-order valence-corrected chi connectivity index (χ4v) is 1.67. The molecule has 0 saturated carbocycles.